The molecule has 1 aromatic carbocycles. The summed E-state index contributed by atoms with van der Waals surface area (Å²) in [6, 6.07) is 5.68. The highest BCUT2D eigenvalue weighted by Gasteiger charge is 2.13. The Morgan fingerprint density at radius 2 is 2.00 bits per heavy atom. The van der Waals surface area contributed by atoms with Crippen molar-refractivity contribution < 1.29 is 28.3 Å². The summed E-state index contributed by atoms with van der Waals surface area (Å²) in [5.74, 6) is -1.71. The van der Waals surface area contributed by atoms with E-state index in [1.54, 1.807) is 0 Å². The second kappa shape index (κ2) is 7.44. The minimum atomic E-state index is -0.579. The monoisotopic (exact) mass is 319 g/mol. The molecule has 0 radical (unpaired) electrons. The molecule has 2 rings (SSSR count). The number of fused-ring (bicyclic) bond motifs is 1. The largest absolute Gasteiger partial charge is 0.468 e. The number of carbonyl (C=O) groups is 3. The summed E-state index contributed by atoms with van der Waals surface area (Å²) in [4.78, 5) is 34.0. The van der Waals surface area contributed by atoms with Crippen molar-refractivity contribution in [3.8, 4) is 0 Å². The SMILES string of the molecule is COC(=O)CNC(=O)COC(=O)Cc1coc2cc(C)ccc12. The third kappa shape index (κ3) is 4.57. The van der Waals surface area contributed by atoms with Crippen molar-refractivity contribution in [2.24, 2.45) is 0 Å². The molecule has 23 heavy (non-hydrogen) atoms. The maximum atomic E-state index is 11.8. The van der Waals surface area contributed by atoms with Gasteiger partial charge in [0.25, 0.3) is 5.91 Å². The lowest BCUT2D eigenvalue weighted by Crippen LogP contribution is -2.33. The normalized spacial score (nSPS) is 10.3. The maximum Gasteiger partial charge on any atom is 0.325 e. The zero-order chi connectivity index (χ0) is 16.8. The van der Waals surface area contributed by atoms with Gasteiger partial charge in [0.05, 0.1) is 19.8 Å². The molecule has 0 bridgehead atoms. The number of rotatable bonds is 6. The number of amides is 1. The molecule has 122 valence electrons. The molecule has 0 aliphatic heterocycles. The number of furan rings is 1. The van der Waals surface area contributed by atoms with Gasteiger partial charge in [-0.25, -0.2) is 0 Å². The van der Waals surface area contributed by atoms with Crippen LogP contribution in [0.3, 0.4) is 0 Å². The standard InChI is InChI=1S/C16H17NO6/c1-10-3-4-12-11(8-22-13(12)5-10)6-15(19)23-9-14(18)17-7-16(20)21-2/h3-5,8H,6-7,9H2,1-2H3,(H,17,18). The first-order chi connectivity index (χ1) is 11.0. The van der Waals surface area contributed by atoms with Crippen molar-refractivity contribution in [2.75, 3.05) is 20.3 Å². The Labute approximate surface area is 132 Å². The van der Waals surface area contributed by atoms with Gasteiger partial charge in [-0.15, -0.1) is 0 Å². The van der Waals surface area contributed by atoms with Crippen LogP contribution >= 0.6 is 0 Å². The molecule has 0 fully saturated rings. The first-order valence-corrected chi connectivity index (χ1v) is 6.95. The summed E-state index contributed by atoms with van der Waals surface area (Å²) >= 11 is 0. The maximum absolute atomic E-state index is 11.8. The van der Waals surface area contributed by atoms with Crippen LogP contribution in [0.25, 0.3) is 11.0 Å². The lowest BCUT2D eigenvalue weighted by molar-refractivity contribution is -0.148. The van der Waals surface area contributed by atoms with Gasteiger partial charge in [0.15, 0.2) is 6.61 Å². The number of aryl methyl sites for hydroxylation is 1. The molecule has 0 aliphatic rings. The van der Waals surface area contributed by atoms with E-state index in [9.17, 15) is 14.4 Å². The van der Waals surface area contributed by atoms with Crippen LogP contribution in [0.2, 0.25) is 0 Å². The summed E-state index contributed by atoms with van der Waals surface area (Å²) in [6.07, 6.45) is 1.50. The molecule has 0 spiro atoms. The Kier molecular flexibility index (Phi) is 5.35. The number of benzene rings is 1. The number of hydrogen-bond donors (Lipinski definition) is 1. The quantitative estimate of drug-likeness (QED) is 0.802. The van der Waals surface area contributed by atoms with E-state index in [2.05, 4.69) is 10.1 Å². The topological polar surface area (TPSA) is 94.8 Å². The minimum absolute atomic E-state index is 0.000340. The van der Waals surface area contributed by atoms with E-state index in [4.69, 9.17) is 9.15 Å². The summed E-state index contributed by atoms with van der Waals surface area (Å²) in [7, 11) is 1.21. The average molecular weight is 319 g/mol. The van der Waals surface area contributed by atoms with E-state index in [0.717, 1.165) is 10.9 Å². The number of nitrogens with one attached hydrogen (secondary N) is 1. The number of esters is 2. The van der Waals surface area contributed by atoms with Gasteiger partial charge in [-0.05, 0) is 18.6 Å². The Hall–Kier alpha value is -2.83. The van der Waals surface area contributed by atoms with E-state index >= 15 is 0 Å². The summed E-state index contributed by atoms with van der Waals surface area (Å²) < 4.78 is 14.6. The number of methoxy groups -OCH3 is 1. The van der Waals surface area contributed by atoms with Crippen LogP contribution in [0.15, 0.2) is 28.9 Å². The molecule has 1 N–H and O–H groups in total. The predicted molar refractivity (Wildman–Crippen MR) is 80.6 cm³/mol. The fourth-order valence-corrected chi connectivity index (χ4v) is 1.97. The van der Waals surface area contributed by atoms with E-state index in [0.29, 0.717) is 11.1 Å². The number of ether oxygens (including phenoxy) is 2. The van der Waals surface area contributed by atoms with Crippen molar-refractivity contribution in [2.45, 2.75) is 13.3 Å². The smallest absolute Gasteiger partial charge is 0.325 e. The molecule has 0 aliphatic carbocycles. The second-order valence-corrected chi connectivity index (χ2v) is 4.95. The van der Waals surface area contributed by atoms with Crippen LogP contribution in [0.4, 0.5) is 0 Å². The van der Waals surface area contributed by atoms with Crippen LogP contribution < -0.4 is 5.32 Å². The highest BCUT2D eigenvalue weighted by Crippen LogP contribution is 2.22. The predicted octanol–water partition coefficient (Wildman–Crippen LogP) is 1.12. The van der Waals surface area contributed by atoms with E-state index in [1.807, 2.05) is 25.1 Å². The summed E-state index contributed by atoms with van der Waals surface area (Å²) in [5.41, 5.74) is 2.45. The van der Waals surface area contributed by atoms with Gasteiger partial charge < -0.3 is 19.2 Å². The van der Waals surface area contributed by atoms with Gasteiger partial charge in [0.1, 0.15) is 12.1 Å². The van der Waals surface area contributed by atoms with E-state index < -0.39 is 24.5 Å². The van der Waals surface area contributed by atoms with Gasteiger partial charge >= 0.3 is 11.9 Å². The first-order valence-electron chi connectivity index (χ1n) is 6.95. The Morgan fingerprint density at radius 1 is 1.22 bits per heavy atom. The van der Waals surface area contributed by atoms with Crippen molar-refractivity contribution >= 4 is 28.8 Å². The molecule has 0 saturated carbocycles. The molecule has 7 nitrogen and oxygen atoms in total. The zero-order valence-corrected chi connectivity index (χ0v) is 12.9. The fraction of sp³-hybridized carbons (Fsp3) is 0.312. The molecule has 1 amide bonds. The third-order valence-corrected chi connectivity index (χ3v) is 3.17. The van der Waals surface area contributed by atoms with Crippen molar-refractivity contribution in [3.63, 3.8) is 0 Å². The van der Waals surface area contributed by atoms with Crippen LogP contribution in [0.5, 0.6) is 0 Å². The van der Waals surface area contributed by atoms with Crippen molar-refractivity contribution in [3.05, 3.63) is 35.6 Å². The Bertz CT molecular complexity index is 733. The van der Waals surface area contributed by atoms with Crippen molar-refractivity contribution in [1.29, 1.82) is 0 Å². The van der Waals surface area contributed by atoms with Gasteiger partial charge in [0, 0.05) is 10.9 Å². The lowest BCUT2D eigenvalue weighted by atomic mass is 10.1. The summed E-state index contributed by atoms with van der Waals surface area (Å²) in [6.45, 7) is 1.23. The van der Waals surface area contributed by atoms with E-state index in [-0.39, 0.29) is 13.0 Å². The van der Waals surface area contributed by atoms with E-state index in [1.165, 1.54) is 13.4 Å². The first kappa shape index (κ1) is 16.5. The Morgan fingerprint density at radius 3 is 2.74 bits per heavy atom. The molecular formula is C16H17NO6. The fourth-order valence-electron chi connectivity index (χ4n) is 1.97. The number of carbonyl (C=O) groups excluding carboxylic acids is 3. The molecule has 7 heteroatoms. The Balaban J connectivity index is 1.84. The molecular weight excluding hydrogens is 302 g/mol. The molecule has 0 unspecified atom stereocenters. The molecule has 1 aromatic heterocycles. The van der Waals surface area contributed by atoms with Crippen LogP contribution in [0, 0.1) is 6.92 Å². The lowest BCUT2D eigenvalue weighted by Gasteiger charge is -2.05. The van der Waals surface area contributed by atoms with Gasteiger partial charge in [-0.3, -0.25) is 14.4 Å². The average Bonchev–Trinajstić information content (AvgIpc) is 2.92. The van der Waals surface area contributed by atoms with Crippen molar-refractivity contribution in [1.82, 2.24) is 5.32 Å². The molecule has 2 aromatic rings. The zero-order valence-electron chi connectivity index (χ0n) is 12.9. The minimum Gasteiger partial charge on any atom is -0.468 e. The van der Waals surface area contributed by atoms with Crippen LogP contribution in [-0.2, 0) is 30.3 Å². The summed E-state index contributed by atoms with van der Waals surface area (Å²) in [5, 5.41) is 3.11. The second-order valence-electron chi connectivity index (χ2n) is 4.95. The highest BCUT2D eigenvalue weighted by atomic mass is 16.5. The highest BCUT2D eigenvalue weighted by molar-refractivity contribution is 5.87. The third-order valence-electron chi connectivity index (χ3n) is 3.17. The molecule has 0 atom stereocenters. The molecule has 1 heterocycles. The number of hydrogen-bond acceptors (Lipinski definition) is 6. The van der Waals surface area contributed by atoms with Crippen LogP contribution in [-0.4, -0.2) is 38.1 Å². The van der Waals surface area contributed by atoms with Gasteiger partial charge in [0.2, 0.25) is 0 Å². The van der Waals surface area contributed by atoms with Crippen LogP contribution in [0.1, 0.15) is 11.1 Å². The van der Waals surface area contributed by atoms with Gasteiger partial charge in [-0.1, -0.05) is 12.1 Å². The van der Waals surface area contributed by atoms with Gasteiger partial charge in [-0.2, -0.15) is 0 Å². The molecule has 0 saturated heterocycles.